The molecule has 0 unspecified atom stereocenters. The van der Waals surface area contributed by atoms with E-state index >= 15 is 0 Å². The molecule has 0 bridgehead atoms. The van der Waals surface area contributed by atoms with E-state index in [2.05, 4.69) is 48.5 Å². The van der Waals surface area contributed by atoms with Crippen LogP contribution in [0.4, 0.5) is 0 Å². The van der Waals surface area contributed by atoms with Crippen molar-refractivity contribution >= 4 is 48.0 Å². The van der Waals surface area contributed by atoms with Crippen LogP contribution >= 0.6 is 37.2 Å². The van der Waals surface area contributed by atoms with Gasteiger partial charge in [0.25, 0.3) is 0 Å². The maximum Gasteiger partial charge on any atom is 0 e. The molecule has 0 radical (unpaired) electrons. The van der Waals surface area contributed by atoms with E-state index in [1.54, 1.807) is 0 Å². The van der Waals surface area contributed by atoms with Gasteiger partial charge in [0.05, 0.1) is 0 Å². The molecular weight excluding hydrogens is 346 g/mol. The molecule has 0 fully saturated rings. The van der Waals surface area contributed by atoms with Gasteiger partial charge in [-0.1, -0.05) is 44.4 Å². The van der Waals surface area contributed by atoms with Gasteiger partial charge in [-0.3, -0.25) is 0 Å². The summed E-state index contributed by atoms with van der Waals surface area (Å²) in [6, 6.07) is 0. The molecule has 0 aromatic heterocycles. The smallest absolute Gasteiger partial charge is 0 e. The summed E-state index contributed by atoms with van der Waals surface area (Å²) < 4.78 is 0. The zero-order chi connectivity index (χ0) is 12.2. The number of fused-ring (bicyclic) bond motifs is 1. The van der Waals surface area contributed by atoms with Crippen LogP contribution in [0, 0.1) is 48.5 Å². The van der Waals surface area contributed by atoms with Crippen LogP contribution < -0.4 is 0 Å². The summed E-state index contributed by atoms with van der Waals surface area (Å²) in [6.07, 6.45) is 0. The van der Waals surface area contributed by atoms with Crippen LogP contribution in [0.2, 0.25) is 0 Å². The first-order valence-electron chi connectivity index (χ1n) is 6.00. The van der Waals surface area contributed by atoms with Gasteiger partial charge in [0, 0.05) is 21.7 Å². The fourth-order valence-electron chi connectivity index (χ4n) is 2.91. The minimum Gasteiger partial charge on any atom is -0.153 e. The largest absolute Gasteiger partial charge is 0.153 e. The van der Waals surface area contributed by atoms with Gasteiger partial charge >= 0.3 is 0 Å². The zero-order valence-electron chi connectivity index (χ0n) is 13.2. The molecule has 20 heavy (non-hydrogen) atoms. The summed E-state index contributed by atoms with van der Waals surface area (Å²) in [4.78, 5) is 0. The molecule has 0 N–H and O–H groups in total. The molecule has 2 aromatic carbocycles. The first-order valence-corrected chi connectivity index (χ1v) is 6.00. The van der Waals surface area contributed by atoms with Gasteiger partial charge in [0.15, 0.2) is 0 Å². The van der Waals surface area contributed by atoms with Gasteiger partial charge in [0.2, 0.25) is 0 Å². The zero-order valence-corrected chi connectivity index (χ0v) is 17.2. The molecule has 0 saturated carbocycles. The van der Waals surface area contributed by atoms with E-state index in [0.717, 1.165) is 0 Å². The van der Waals surface area contributed by atoms with Crippen molar-refractivity contribution in [1.82, 2.24) is 0 Å². The van der Waals surface area contributed by atoms with Gasteiger partial charge in [-0.15, -0.1) is 64.7 Å². The minimum absolute atomic E-state index is 0. The van der Waals surface area contributed by atoms with E-state index in [0.29, 0.717) is 0 Å². The van der Waals surface area contributed by atoms with Crippen LogP contribution in [0.5, 0.6) is 0 Å². The van der Waals surface area contributed by atoms with Crippen molar-refractivity contribution in [1.29, 1.82) is 0 Å². The fourth-order valence-corrected chi connectivity index (χ4v) is 2.91. The van der Waals surface area contributed by atoms with E-state index in [1.807, 2.05) is 0 Å². The molecule has 0 amide bonds. The standard InChI is InChI=1S/C16H21.3ClH.Ti/c1-8-9(2)12(5)16-14(7)10(3)13(6)15(16)11(8)4;;;;/h1-7H3;3*1H;/q-1;;;;. The summed E-state index contributed by atoms with van der Waals surface area (Å²) in [5.41, 5.74) is 10.2. The Morgan fingerprint density at radius 1 is 0.600 bits per heavy atom. The van der Waals surface area contributed by atoms with E-state index in [1.165, 1.54) is 49.7 Å². The van der Waals surface area contributed by atoms with Crippen molar-refractivity contribution < 1.29 is 21.7 Å². The van der Waals surface area contributed by atoms with Crippen molar-refractivity contribution in [2.24, 2.45) is 0 Å². The van der Waals surface area contributed by atoms with Crippen molar-refractivity contribution in [3.05, 3.63) is 38.9 Å². The molecule has 0 aliphatic rings. The Kier molecular flexibility index (Phi) is 11.1. The summed E-state index contributed by atoms with van der Waals surface area (Å²) in [5, 5.41) is 2.99. The molecule has 0 spiro atoms. The van der Waals surface area contributed by atoms with Crippen LogP contribution in [0.15, 0.2) is 0 Å². The Morgan fingerprint density at radius 3 is 1.45 bits per heavy atom. The Labute approximate surface area is 156 Å². The Morgan fingerprint density at radius 2 is 1.00 bits per heavy atom. The van der Waals surface area contributed by atoms with E-state index < -0.39 is 0 Å². The Bertz CT molecular complexity index is 547. The third-order valence-electron chi connectivity index (χ3n) is 4.56. The molecule has 4 heteroatoms. The maximum absolute atomic E-state index is 2.26. The molecule has 0 saturated heterocycles. The minimum atomic E-state index is 0. The van der Waals surface area contributed by atoms with Crippen LogP contribution in [0.3, 0.4) is 0 Å². The predicted molar refractivity (Wildman–Crippen MR) is 94.4 cm³/mol. The maximum atomic E-state index is 2.26. The third kappa shape index (κ3) is 3.42. The molecule has 0 atom stereocenters. The first kappa shape index (κ1) is 25.4. The van der Waals surface area contributed by atoms with Crippen LogP contribution in [-0.2, 0) is 21.7 Å². The Hall–Kier alpha value is 0.414. The molecule has 0 aliphatic heterocycles. The molecule has 2 aromatic rings. The van der Waals surface area contributed by atoms with Crippen molar-refractivity contribution in [2.75, 3.05) is 0 Å². The van der Waals surface area contributed by atoms with Crippen molar-refractivity contribution in [2.45, 2.75) is 48.5 Å². The van der Waals surface area contributed by atoms with Gasteiger partial charge in [-0.2, -0.15) is 5.56 Å². The normalized spacial score (nSPS) is 9.15. The molecule has 0 heterocycles. The molecule has 114 valence electrons. The second kappa shape index (κ2) is 8.76. The first-order chi connectivity index (χ1) is 7.37. The van der Waals surface area contributed by atoms with E-state index in [-0.39, 0.29) is 58.9 Å². The van der Waals surface area contributed by atoms with Gasteiger partial charge in [0.1, 0.15) is 0 Å². The second-order valence-corrected chi connectivity index (χ2v) is 5.12. The number of hydrogen-bond donors (Lipinski definition) is 0. The summed E-state index contributed by atoms with van der Waals surface area (Å²) in [5.74, 6) is 0. The molecular formula is C16H24Cl3Ti-. The topological polar surface area (TPSA) is 0 Å². The Balaban J connectivity index is -0.000000722. The number of rotatable bonds is 0. The van der Waals surface area contributed by atoms with E-state index in [4.69, 9.17) is 0 Å². The van der Waals surface area contributed by atoms with Gasteiger partial charge in [-0.05, 0) is 20.8 Å². The van der Waals surface area contributed by atoms with Crippen molar-refractivity contribution in [3.8, 4) is 0 Å². The quantitative estimate of drug-likeness (QED) is 0.395. The fraction of sp³-hybridized carbons (Fsp3) is 0.438. The monoisotopic (exact) mass is 369 g/mol. The van der Waals surface area contributed by atoms with E-state index in [9.17, 15) is 0 Å². The van der Waals surface area contributed by atoms with Crippen molar-refractivity contribution in [3.63, 3.8) is 0 Å². The molecule has 2 rings (SSSR count). The summed E-state index contributed by atoms with van der Waals surface area (Å²) in [6.45, 7) is 15.8. The predicted octanol–water partition coefficient (Wildman–Crippen LogP) is 5.98. The molecule has 0 aliphatic carbocycles. The SMILES string of the molecule is Cc1c(C)c(C)c2c(c1C)c(C)c(C)[c-]2C.Cl.Cl.Cl.[Ti]. The number of halogens is 3. The number of aryl methyl sites for hydroxylation is 4. The van der Waals surface area contributed by atoms with Crippen LogP contribution in [0.25, 0.3) is 10.8 Å². The number of hydrogen-bond acceptors (Lipinski definition) is 0. The average molecular weight is 371 g/mol. The van der Waals surface area contributed by atoms with Gasteiger partial charge in [-0.25, -0.2) is 0 Å². The molecule has 0 nitrogen and oxygen atoms in total. The number of benzene rings is 1. The summed E-state index contributed by atoms with van der Waals surface area (Å²) in [7, 11) is 0. The van der Waals surface area contributed by atoms with Gasteiger partial charge < -0.3 is 0 Å². The average Bonchev–Trinajstić information content (AvgIpc) is 2.48. The third-order valence-corrected chi connectivity index (χ3v) is 4.56. The summed E-state index contributed by atoms with van der Waals surface area (Å²) >= 11 is 0. The van der Waals surface area contributed by atoms with Crippen LogP contribution in [0.1, 0.15) is 38.9 Å². The second-order valence-electron chi connectivity index (χ2n) is 5.12. The van der Waals surface area contributed by atoms with Crippen LogP contribution in [-0.4, -0.2) is 0 Å².